The second-order valence-electron chi connectivity index (χ2n) is 7.60. The predicted octanol–water partition coefficient (Wildman–Crippen LogP) is 3.31. The molecule has 1 aromatic heterocycles. The minimum Gasteiger partial charge on any atom is -0.354 e. The molecule has 1 aliphatic rings. The Kier molecular flexibility index (Phi) is 7.89. The van der Waals surface area contributed by atoms with Crippen LogP contribution in [0.3, 0.4) is 0 Å². The summed E-state index contributed by atoms with van der Waals surface area (Å²) < 4.78 is 0. The molecule has 0 aliphatic carbocycles. The van der Waals surface area contributed by atoms with E-state index in [1.54, 1.807) is 11.3 Å². The summed E-state index contributed by atoms with van der Waals surface area (Å²) in [6, 6.07) is 13.6. The molecule has 6 heteroatoms. The van der Waals surface area contributed by atoms with Gasteiger partial charge in [-0.2, -0.15) is 0 Å². The van der Waals surface area contributed by atoms with E-state index in [4.69, 9.17) is 0 Å². The Morgan fingerprint density at radius 1 is 1.11 bits per heavy atom. The van der Waals surface area contributed by atoms with Gasteiger partial charge in [0, 0.05) is 31.6 Å². The zero-order valence-corrected chi connectivity index (χ0v) is 18.1. The lowest BCUT2D eigenvalue weighted by molar-refractivity contribution is 0.302. The molecule has 0 bridgehead atoms. The first-order valence-electron chi connectivity index (χ1n) is 10.1. The molecule has 1 unspecified atom stereocenters. The molecule has 2 N–H and O–H groups in total. The Morgan fingerprint density at radius 3 is 2.43 bits per heavy atom. The summed E-state index contributed by atoms with van der Waals surface area (Å²) in [6.45, 7) is 5.15. The Balaban J connectivity index is 1.47. The number of benzene rings is 1. The number of rotatable bonds is 8. The van der Waals surface area contributed by atoms with Crippen molar-refractivity contribution >= 4 is 17.3 Å². The maximum absolute atomic E-state index is 4.37. The molecule has 0 saturated carbocycles. The van der Waals surface area contributed by atoms with Crippen molar-refractivity contribution in [1.29, 1.82) is 0 Å². The Morgan fingerprint density at radius 2 is 1.82 bits per heavy atom. The third kappa shape index (κ3) is 6.06. The maximum Gasteiger partial charge on any atom is 0.191 e. The van der Waals surface area contributed by atoms with Crippen LogP contribution in [0.2, 0.25) is 0 Å². The number of guanidine groups is 1. The molecule has 1 aliphatic heterocycles. The number of thiophene rings is 1. The summed E-state index contributed by atoms with van der Waals surface area (Å²) in [5, 5.41) is 9.03. The molecule has 0 spiro atoms. The van der Waals surface area contributed by atoms with Crippen LogP contribution in [0.1, 0.15) is 34.9 Å². The van der Waals surface area contributed by atoms with E-state index in [1.165, 1.54) is 41.9 Å². The lowest BCUT2D eigenvalue weighted by atomic mass is 10.1. The second kappa shape index (κ2) is 10.6. The minimum absolute atomic E-state index is 0.337. The van der Waals surface area contributed by atoms with Crippen molar-refractivity contribution in [1.82, 2.24) is 20.4 Å². The van der Waals surface area contributed by atoms with Crippen LogP contribution >= 0.6 is 11.3 Å². The number of likely N-dealkylation sites (N-methyl/N-ethyl adjacent to an activating group) is 1. The van der Waals surface area contributed by atoms with Gasteiger partial charge in [0.2, 0.25) is 0 Å². The number of aliphatic imine (C=N–C) groups is 1. The van der Waals surface area contributed by atoms with E-state index < -0.39 is 0 Å². The average Bonchev–Trinajstić information content (AvgIpc) is 3.40. The fraction of sp³-hybridized carbons (Fsp3) is 0.500. The summed E-state index contributed by atoms with van der Waals surface area (Å²) in [7, 11) is 6.06. The highest BCUT2D eigenvalue weighted by Crippen LogP contribution is 2.22. The monoisotopic (exact) mass is 399 g/mol. The van der Waals surface area contributed by atoms with Gasteiger partial charge in [-0.1, -0.05) is 30.3 Å². The average molecular weight is 400 g/mol. The lowest BCUT2D eigenvalue weighted by Gasteiger charge is -2.24. The fourth-order valence-electron chi connectivity index (χ4n) is 3.58. The zero-order chi connectivity index (χ0) is 19.8. The van der Waals surface area contributed by atoms with Crippen molar-refractivity contribution in [2.75, 3.05) is 40.8 Å². The van der Waals surface area contributed by atoms with Gasteiger partial charge in [-0.15, -0.1) is 11.3 Å². The minimum atomic E-state index is 0.337. The van der Waals surface area contributed by atoms with E-state index >= 15 is 0 Å². The van der Waals surface area contributed by atoms with Crippen molar-refractivity contribution in [3.8, 4) is 0 Å². The Bertz CT molecular complexity index is 718. The molecule has 5 nitrogen and oxygen atoms in total. The van der Waals surface area contributed by atoms with Gasteiger partial charge in [0.15, 0.2) is 5.96 Å². The van der Waals surface area contributed by atoms with Crippen LogP contribution in [-0.4, -0.2) is 56.5 Å². The van der Waals surface area contributed by atoms with Crippen molar-refractivity contribution in [2.45, 2.75) is 32.0 Å². The quantitative estimate of drug-likeness (QED) is 0.528. The molecule has 1 fully saturated rings. The summed E-state index contributed by atoms with van der Waals surface area (Å²) in [4.78, 5) is 10.5. The normalized spacial score (nSPS) is 16.5. The number of likely N-dealkylation sites (tertiary alicyclic amines) is 1. The highest BCUT2D eigenvalue weighted by molar-refractivity contribution is 7.10. The SMILES string of the molecule is CN=C(NCc1ccc(CN2CCCC2)cc1)NCC(c1cccs1)N(C)C. The highest BCUT2D eigenvalue weighted by Gasteiger charge is 2.15. The Hall–Kier alpha value is -1.89. The molecule has 1 aromatic carbocycles. The molecule has 152 valence electrons. The first kappa shape index (κ1) is 20.8. The van der Waals surface area contributed by atoms with E-state index in [0.717, 1.165) is 25.6 Å². The zero-order valence-electron chi connectivity index (χ0n) is 17.3. The summed E-state index contributed by atoms with van der Waals surface area (Å²) in [5.41, 5.74) is 2.67. The van der Waals surface area contributed by atoms with Crippen LogP contribution in [0.4, 0.5) is 0 Å². The third-order valence-electron chi connectivity index (χ3n) is 5.27. The smallest absolute Gasteiger partial charge is 0.191 e. The van der Waals surface area contributed by atoms with E-state index in [1.807, 2.05) is 7.05 Å². The summed E-state index contributed by atoms with van der Waals surface area (Å²) in [5.74, 6) is 0.838. The first-order chi connectivity index (χ1) is 13.7. The van der Waals surface area contributed by atoms with Gasteiger partial charge >= 0.3 is 0 Å². The number of nitrogens with zero attached hydrogens (tertiary/aromatic N) is 3. The topological polar surface area (TPSA) is 42.9 Å². The molecule has 1 atom stereocenters. The molecular weight excluding hydrogens is 366 g/mol. The first-order valence-corrected chi connectivity index (χ1v) is 11.0. The van der Waals surface area contributed by atoms with E-state index in [-0.39, 0.29) is 0 Å². The van der Waals surface area contributed by atoms with E-state index in [2.05, 4.69) is 81.3 Å². The van der Waals surface area contributed by atoms with Crippen LogP contribution in [-0.2, 0) is 13.1 Å². The van der Waals surface area contributed by atoms with Gasteiger partial charge in [-0.3, -0.25) is 9.89 Å². The standard InChI is InChI=1S/C22H33N5S/c1-23-22(25-16-20(26(2)3)21-7-6-14-28-21)24-15-18-8-10-19(11-9-18)17-27-12-4-5-13-27/h6-11,14,20H,4-5,12-13,15-17H2,1-3H3,(H2,23,24,25). The van der Waals surface area contributed by atoms with Crippen LogP contribution in [0.15, 0.2) is 46.8 Å². The molecule has 0 amide bonds. The largest absolute Gasteiger partial charge is 0.354 e. The summed E-state index contributed by atoms with van der Waals surface area (Å²) in [6.07, 6.45) is 2.69. The van der Waals surface area contributed by atoms with Crippen LogP contribution in [0.5, 0.6) is 0 Å². The fourth-order valence-corrected chi connectivity index (χ4v) is 4.50. The van der Waals surface area contributed by atoms with Gasteiger partial charge in [0.05, 0.1) is 6.04 Å². The molecule has 2 heterocycles. The second-order valence-corrected chi connectivity index (χ2v) is 8.58. The molecule has 1 saturated heterocycles. The molecular formula is C22H33N5S. The van der Waals surface area contributed by atoms with Gasteiger partial charge in [0.1, 0.15) is 0 Å². The number of hydrogen-bond donors (Lipinski definition) is 2. The van der Waals surface area contributed by atoms with Gasteiger partial charge in [0.25, 0.3) is 0 Å². The van der Waals surface area contributed by atoms with Gasteiger partial charge in [-0.25, -0.2) is 0 Å². The van der Waals surface area contributed by atoms with Gasteiger partial charge < -0.3 is 15.5 Å². The summed E-state index contributed by atoms with van der Waals surface area (Å²) >= 11 is 1.80. The third-order valence-corrected chi connectivity index (χ3v) is 6.24. The number of nitrogens with one attached hydrogen (secondary N) is 2. The van der Waals surface area contributed by atoms with Crippen molar-refractivity contribution in [2.24, 2.45) is 4.99 Å². The molecule has 2 aromatic rings. The maximum atomic E-state index is 4.37. The Labute approximate surface area is 173 Å². The van der Waals surface area contributed by atoms with E-state index in [0.29, 0.717) is 6.04 Å². The molecule has 3 rings (SSSR count). The molecule has 0 radical (unpaired) electrons. The predicted molar refractivity (Wildman–Crippen MR) is 120 cm³/mol. The van der Waals surface area contributed by atoms with Crippen molar-refractivity contribution < 1.29 is 0 Å². The van der Waals surface area contributed by atoms with Crippen LogP contribution in [0, 0.1) is 0 Å². The lowest BCUT2D eigenvalue weighted by Crippen LogP contribution is -2.41. The van der Waals surface area contributed by atoms with Crippen LogP contribution < -0.4 is 10.6 Å². The van der Waals surface area contributed by atoms with E-state index in [9.17, 15) is 0 Å². The molecule has 28 heavy (non-hydrogen) atoms. The highest BCUT2D eigenvalue weighted by atomic mass is 32.1. The number of hydrogen-bond acceptors (Lipinski definition) is 4. The van der Waals surface area contributed by atoms with Crippen molar-refractivity contribution in [3.05, 3.63) is 57.8 Å². The van der Waals surface area contributed by atoms with Crippen LogP contribution in [0.25, 0.3) is 0 Å². The van der Waals surface area contributed by atoms with Gasteiger partial charge in [-0.05, 0) is 62.6 Å². The van der Waals surface area contributed by atoms with Crippen molar-refractivity contribution in [3.63, 3.8) is 0 Å².